The lowest BCUT2D eigenvalue weighted by Gasteiger charge is -2.11. The van der Waals surface area contributed by atoms with Crippen molar-refractivity contribution >= 4 is 26.4 Å². The molecule has 1 unspecified atom stereocenters. The van der Waals surface area contributed by atoms with Gasteiger partial charge in [0.05, 0.1) is 20.4 Å². The molecule has 0 aromatic rings. The van der Waals surface area contributed by atoms with Crippen LogP contribution in [0.15, 0.2) is 0 Å². The zero-order valence-corrected chi connectivity index (χ0v) is 11.8. The van der Waals surface area contributed by atoms with Crippen LogP contribution in [0.4, 0.5) is 0 Å². The molecule has 4 heteroatoms. The first-order valence-electron chi connectivity index (χ1n) is 5.81. The van der Waals surface area contributed by atoms with Crippen molar-refractivity contribution in [2.45, 2.75) is 56.9 Å². The molecule has 90 valence electrons. The monoisotopic (exact) mass is 248 g/mol. The summed E-state index contributed by atoms with van der Waals surface area (Å²) in [7, 11) is -1.00. The first-order valence-corrected chi connectivity index (χ1v) is 8.40. The summed E-state index contributed by atoms with van der Waals surface area (Å²) in [6.07, 6.45) is 7.40. The minimum absolute atomic E-state index is 0.197. The van der Waals surface area contributed by atoms with Crippen molar-refractivity contribution in [1.29, 1.82) is 0 Å². The Balaban J connectivity index is 3.69. The van der Waals surface area contributed by atoms with Crippen LogP contribution in [-0.2, 0) is 0 Å². The van der Waals surface area contributed by atoms with E-state index in [2.05, 4.69) is 19.6 Å². The first-order chi connectivity index (χ1) is 7.13. The Morgan fingerprint density at radius 2 is 1.87 bits per heavy atom. The summed E-state index contributed by atoms with van der Waals surface area (Å²) in [5.41, 5.74) is 0. The van der Waals surface area contributed by atoms with E-state index in [4.69, 9.17) is 5.11 Å². The predicted octanol–water partition coefficient (Wildman–Crippen LogP) is 2.39. The van der Waals surface area contributed by atoms with E-state index < -0.39 is 8.41 Å². The lowest BCUT2D eigenvalue weighted by atomic mass is 10.1. The highest BCUT2D eigenvalue weighted by molar-refractivity contribution is 7.82. The van der Waals surface area contributed by atoms with Gasteiger partial charge in [0.15, 0.2) is 0 Å². The molecule has 0 aromatic heterocycles. The fourth-order valence-corrected chi connectivity index (χ4v) is 3.38. The van der Waals surface area contributed by atoms with E-state index in [9.17, 15) is 5.11 Å². The average molecular weight is 248 g/mol. The van der Waals surface area contributed by atoms with Crippen LogP contribution >= 0.6 is 12.6 Å². The van der Waals surface area contributed by atoms with Gasteiger partial charge in [0.1, 0.15) is 0 Å². The third-order valence-electron chi connectivity index (χ3n) is 2.69. The Labute approximate surface area is 100 Å². The molecule has 0 rings (SSSR count). The zero-order valence-electron chi connectivity index (χ0n) is 9.87. The maximum absolute atomic E-state index is 9.40. The van der Waals surface area contributed by atoms with Crippen LogP contribution in [0.5, 0.6) is 0 Å². The van der Waals surface area contributed by atoms with E-state index in [1.807, 2.05) is 6.55 Å². The minimum atomic E-state index is -1.00. The number of thiol groups is 1. The van der Waals surface area contributed by atoms with Gasteiger partial charge in [-0.1, -0.05) is 45.6 Å². The number of hydrogen-bond acceptors (Lipinski definition) is 3. The van der Waals surface area contributed by atoms with Gasteiger partial charge >= 0.3 is 0 Å². The third kappa shape index (κ3) is 7.14. The summed E-state index contributed by atoms with van der Waals surface area (Å²) in [6.45, 7) is 4.03. The lowest BCUT2D eigenvalue weighted by molar-refractivity contribution is 0.331. The summed E-state index contributed by atoms with van der Waals surface area (Å²) in [5, 5.41) is 18.5. The normalized spacial score (nSPS) is 14.9. The summed E-state index contributed by atoms with van der Waals surface area (Å²) in [5.74, 6) is 0. The summed E-state index contributed by atoms with van der Waals surface area (Å²) < 4.78 is 0. The van der Waals surface area contributed by atoms with Crippen molar-refractivity contribution in [2.75, 3.05) is 6.61 Å². The maximum atomic E-state index is 9.40. The zero-order chi connectivity index (χ0) is 11.7. The van der Waals surface area contributed by atoms with Crippen LogP contribution in [0.3, 0.4) is 0 Å². The summed E-state index contributed by atoms with van der Waals surface area (Å²) in [4.78, 5) is 0.267. The van der Waals surface area contributed by atoms with Crippen LogP contribution in [0.2, 0.25) is 6.55 Å². The molecule has 0 aliphatic heterocycles. The molecule has 0 radical (unpaired) electrons. The van der Waals surface area contributed by atoms with Crippen LogP contribution < -0.4 is 0 Å². The molecule has 0 saturated heterocycles. The highest BCUT2D eigenvalue weighted by Crippen LogP contribution is 2.11. The molecular formula is C11H24O2SSi. The Bertz CT molecular complexity index is 195. The fourth-order valence-electron chi connectivity index (χ4n) is 1.47. The second-order valence-electron chi connectivity index (χ2n) is 4.01. The van der Waals surface area contributed by atoms with Crippen LogP contribution in [0.1, 0.15) is 45.4 Å². The first kappa shape index (κ1) is 15.2. The maximum Gasteiger partial charge on any atom is 0.0947 e. The van der Waals surface area contributed by atoms with Gasteiger partial charge in [-0.3, -0.25) is 0 Å². The molecule has 1 atom stereocenters. The number of rotatable bonds is 8. The van der Waals surface area contributed by atoms with Gasteiger partial charge in [-0.25, -0.2) is 0 Å². The van der Waals surface area contributed by atoms with Crippen molar-refractivity contribution in [3.63, 3.8) is 0 Å². The van der Waals surface area contributed by atoms with E-state index >= 15 is 0 Å². The highest BCUT2D eigenvalue weighted by Gasteiger charge is 2.10. The molecular weight excluding hydrogens is 224 g/mol. The molecule has 2 N–H and O–H groups in total. The van der Waals surface area contributed by atoms with E-state index in [0.717, 1.165) is 6.42 Å². The van der Waals surface area contributed by atoms with Crippen molar-refractivity contribution in [3.8, 4) is 0 Å². The van der Waals surface area contributed by atoms with Crippen molar-refractivity contribution in [1.82, 2.24) is 0 Å². The number of unbranched alkanes of at least 4 members (excludes halogenated alkanes) is 4. The molecule has 0 spiro atoms. The lowest BCUT2D eigenvalue weighted by Crippen LogP contribution is -2.25. The van der Waals surface area contributed by atoms with Crippen molar-refractivity contribution in [3.05, 3.63) is 0 Å². The molecule has 15 heavy (non-hydrogen) atoms. The molecule has 0 bridgehead atoms. The molecule has 0 aliphatic carbocycles. The van der Waals surface area contributed by atoms with Gasteiger partial charge in [0.2, 0.25) is 0 Å². The van der Waals surface area contributed by atoms with Crippen LogP contribution in [-0.4, -0.2) is 35.5 Å². The molecule has 0 aliphatic rings. The molecule has 0 amide bonds. The van der Waals surface area contributed by atoms with Gasteiger partial charge in [-0.05, 0) is 6.42 Å². The molecule has 0 heterocycles. The fraction of sp³-hybridized carbons (Fsp3) is 0.909. The SMILES string of the molecule is CCCCCCCC(S)/[Si](C)=C(\O)CO. The molecule has 0 fully saturated rings. The van der Waals surface area contributed by atoms with Crippen LogP contribution in [0, 0.1) is 0 Å². The smallest absolute Gasteiger partial charge is 0.0947 e. The van der Waals surface area contributed by atoms with E-state index in [-0.39, 0.29) is 16.8 Å². The van der Waals surface area contributed by atoms with Crippen LogP contribution in [0.25, 0.3) is 0 Å². The van der Waals surface area contributed by atoms with Gasteiger partial charge in [0.25, 0.3) is 0 Å². The highest BCUT2D eigenvalue weighted by atomic mass is 32.1. The Morgan fingerprint density at radius 1 is 1.27 bits per heavy atom. The molecule has 2 nitrogen and oxygen atoms in total. The standard InChI is InChI=1S/C11H24O2SSi/c1-3-4-5-6-7-8-11(14)15(2)10(13)9-12/h11-14H,3-9H2,1-2H3/b15-10-. The minimum Gasteiger partial charge on any atom is -0.516 e. The Morgan fingerprint density at radius 3 is 2.40 bits per heavy atom. The van der Waals surface area contributed by atoms with Crippen molar-refractivity contribution < 1.29 is 10.2 Å². The van der Waals surface area contributed by atoms with Gasteiger partial charge < -0.3 is 10.2 Å². The Hall–Kier alpha value is 0.197. The summed E-state index contributed by atoms with van der Waals surface area (Å²) in [6, 6.07) is 0. The van der Waals surface area contributed by atoms with Gasteiger partial charge in [-0.15, -0.1) is 0 Å². The average Bonchev–Trinajstić information content (AvgIpc) is 2.26. The second-order valence-corrected chi connectivity index (χ2v) is 7.76. The number of aliphatic hydroxyl groups excluding tert-OH is 2. The van der Waals surface area contributed by atoms with Crippen molar-refractivity contribution in [2.24, 2.45) is 0 Å². The van der Waals surface area contributed by atoms with E-state index in [1.54, 1.807) is 0 Å². The molecule has 0 aromatic carbocycles. The second kappa shape index (κ2) is 9.42. The van der Waals surface area contributed by atoms with E-state index in [0.29, 0.717) is 0 Å². The molecule has 0 saturated carbocycles. The topological polar surface area (TPSA) is 40.5 Å². The number of hydrogen-bond donors (Lipinski definition) is 3. The Kier molecular flexibility index (Phi) is 9.55. The van der Waals surface area contributed by atoms with Gasteiger partial charge in [0, 0.05) is 4.87 Å². The van der Waals surface area contributed by atoms with Gasteiger partial charge in [-0.2, -0.15) is 12.6 Å². The quantitative estimate of drug-likeness (QED) is 0.351. The summed E-state index contributed by atoms with van der Waals surface area (Å²) >= 11 is 4.50. The largest absolute Gasteiger partial charge is 0.516 e. The predicted molar refractivity (Wildman–Crippen MR) is 71.8 cm³/mol. The number of aliphatic hydroxyl groups is 2. The third-order valence-corrected chi connectivity index (χ3v) is 6.46. The van der Waals surface area contributed by atoms with E-state index in [1.165, 1.54) is 32.1 Å².